The van der Waals surface area contributed by atoms with Crippen LogP contribution in [0.5, 0.6) is 0 Å². The van der Waals surface area contributed by atoms with E-state index in [9.17, 15) is 9.18 Å². The Labute approximate surface area is 143 Å². The third kappa shape index (κ3) is 3.63. The predicted molar refractivity (Wildman–Crippen MR) is 91.3 cm³/mol. The molecule has 0 aliphatic heterocycles. The summed E-state index contributed by atoms with van der Waals surface area (Å²) in [5.74, 6) is -0.585. The van der Waals surface area contributed by atoms with E-state index in [4.69, 9.17) is 11.6 Å². The lowest BCUT2D eigenvalue weighted by molar-refractivity contribution is 0.0935. The molecule has 0 bridgehead atoms. The summed E-state index contributed by atoms with van der Waals surface area (Å²) in [6.45, 7) is 1.83. The van der Waals surface area contributed by atoms with Crippen LogP contribution in [0.2, 0.25) is 5.02 Å². The maximum absolute atomic E-state index is 13.0. The number of H-pyrrole nitrogens is 1. The summed E-state index contributed by atoms with van der Waals surface area (Å²) in [5.41, 5.74) is 2.70. The summed E-state index contributed by atoms with van der Waals surface area (Å²) < 4.78 is 13.0. The summed E-state index contributed by atoms with van der Waals surface area (Å²) in [7, 11) is 0. The molecule has 0 saturated carbocycles. The number of halogens is 2. The van der Waals surface area contributed by atoms with Crippen molar-refractivity contribution in [2.45, 2.75) is 13.0 Å². The van der Waals surface area contributed by atoms with Gasteiger partial charge in [0.2, 0.25) is 0 Å². The molecule has 0 saturated heterocycles. The molecule has 6 heteroatoms. The Kier molecular flexibility index (Phi) is 4.62. The molecular weight excluding hydrogens is 329 g/mol. The highest BCUT2D eigenvalue weighted by molar-refractivity contribution is 6.30. The second-order valence-electron chi connectivity index (χ2n) is 5.42. The maximum Gasteiger partial charge on any atom is 0.269 e. The van der Waals surface area contributed by atoms with E-state index in [1.165, 1.54) is 12.1 Å². The Morgan fingerprint density at radius 3 is 2.50 bits per heavy atom. The fourth-order valence-electron chi connectivity index (χ4n) is 2.32. The van der Waals surface area contributed by atoms with Gasteiger partial charge in [0.25, 0.3) is 5.91 Å². The van der Waals surface area contributed by atoms with Crippen LogP contribution in [-0.4, -0.2) is 16.1 Å². The number of hydrogen-bond acceptors (Lipinski definition) is 2. The Morgan fingerprint density at radius 2 is 1.83 bits per heavy atom. The number of aromatic nitrogens is 2. The zero-order valence-corrected chi connectivity index (χ0v) is 13.6. The Bertz CT molecular complexity index is 843. The van der Waals surface area contributed by atoms with E-state index in [0.717, 1.165) is 11.1 Å². The molecule has 1 aromatic heterocycles. The first kappa shape index (κ1) is 16.2. The van der Waals surface area contributed by atoms with Gasteiger partial charge in [0, 0.05) is 10.6 Å². The molecule has 2 N–H and O–H groups in total. The number of nitrogens with one attached hydrogen (secondary N) is 2. The van der Waals surface area contributed by atoms with Crippen LogP contribution >= 0.6 is 11.6 Å². The fourth-order valence-corrected chi connectivity index (χ4v) is 2.44. The summed E-state index contributed by atoms with van der Waals surface area (Å²) in [6, 6.07) is 14.7. The molecule has 0 aliphatic carbocycles. The fraction of sp³-hybridized carbons (Fsp3) is 0.111. The lowest BCUT2D eigenvalue weighted by atomic mass is 10.1. The number of hydrogen-bond donors (Lipinski definition) is 2. The van der Waals surface area contributed by atoms with Crippen molar-refractivity contribution in [1.29, 1.82) is 0 Å². The van der Waals surface area contributed by atoms with Crippen LogP contribution in [-0.2, 0) is 0 Å². The summed E-state index contributed by atoms with van der Waals surface area (Å²) in [5, 5.41) is 10.4. The minimum atomic E-state index is -0.307. The van der Waals surface area contributed by atoms with Crippen LogP contribution in [0, 0.1) is 5.82 Å². The molecule has 0 aliphatic rings. The molecule has 0 spiro atoms. The summed E-state index contributed by atoms with van der Waals surface area (Å²) in [6.07, 6.45) is 0. The SMILES string of the molecule is C[C@@H](NC(=O)c1cc(-c2ccc(Cl)cc2)n[nH]1)c1ccc(F)cc1. The van der Waals surface area contributed by atoms with Gasteiger partial charge in [-0.15, -0.1) is 0 Å². The molecule has 4 nitrogen and oxygen atoms in total. The second kappa shape index (κ2) is 6.84. The lowest BCUT2D eigenvalue weighted by Crippen LogP contribution is -2.26. The first-order chi connectivity index (χ1) is 11.5. The van der Waals surface area contributed by atoms with Crippen molar-refractivity contribution in [2.24, 2.45) is 0 Å². The van der Waals surface area contributed by atoms with Crippen LogP contribution in [0.4, 0.5) is 4.39 Å². The molecule has 1 atom stereocenters. The van der Waals surface area contributed by atoms with Crippen LogP contribution in [0.15, 0.2) is 54.6 Å². The van der Waals surface area contributed by atoms with Crippen molar-refractivity contribution in [3.63, 3.8) is 0 Å². The van der Waals surface area contributed by atoms with E-state index in [-0.39, 0.29) is 17.8 Å². The number of carbonyl (C=O) groups excluding carboxylic acids is 1. The first-order valence-electron chi connectivity index (χ1n) is 7.40. The van der Waals surface area contributed by atoms with Gasteiger partial charge in [-0.3, -0.25) is 9.89 Å². The summed E-state index contributed by atoms with van der Waals surface area (Å²) >= 11 is 5.86. The molecule has 0 radical (unpaired) electrons. The van der Waals surface area contributed by atoms with Gasteiger partial charge < -0.3 is 5.32 Å². The second-order valence-corrected chi connectivity index (χ2v) is 5.86. The Hall–Kier alpha value is -2.66. The third-order valence-corrected chi connectivity index (χ3v) is 3.93. The van der Waals surface area contributed by atoms with E-state index in [1.807, 2.05) is 19.1 Å². The average molecular weight is 344 g/mol. The van der Waals surface area contributed by atoms with Crippen LogP contribution in [0.1, 0.15) is 29.0 Å². The molecule has 1 amide bonds. The van der Waals surface area contributed by atoms with Crippen molar-refractivity contribution >= 4 is 17.5 Å². The monoisotopic (exact) mass is 343 g/mol. The van der Waals surface area contributed by atoms with Gasteiger partial charge in [0.05, 0.1) is 11.7 Å². The minimum Gasteiger partial charge on any atom is -0.344 e. The zero-order valence-electron chi connectivity index (χ0n) is 12.9. The van der Waals surface area contributed by atoms with Gasteiger partial charge in [-0.2, -0.15) is 5.10 Å². The lowest BCUT2D eigenvalue weighted by Gasteiger charge is -2.13. The molecule has 3 rings (SSSR count). The minimum absolute atomic E-state index is 0.250. The maximum atomic E-state index is 13.0. The van der Waals surface area contributed by atoms with Gasteiger partial charge in [0.15, 0.2) is 0 Å². The van der Waals surface area contributed by atoms with Crippen molar-refractivity contribution in [3.8, 4) is 11.3 Å². The van der Waals surface area contributed by atoms with Gasteiger partial charge in [0.1, 0.15) is 11.5 Å². The van der Waals surface area contributed by atoms with E-state index in [2.05, 4.69) is 15.5 Å². The number of amides is 1. The van der Waals surface area contributed by atoms with Gasteiger partial charge in [-0.05, 0) is 42.8 Å². The molecule has 0 unspecified atom stereocenters. The third-order valence-electron chi connectivity index (χ3n) is 3.68. The molecule has 24 heavy (non-hydrogen) atoms. The van der Waals surface area contributed by atoms with E-state index < -0.39 is 0 Å². The standard InChI is InChI=1S/C18H15ClFN3O/c1-11(12-4-8-15(20)9-5-12)21-18(24)17-10-16(22-23-17)13-2-6-14(19)7-3-13/h2-11H,1H3,(H,21,24)(H,22,23)/t11-/m1/s1. The largest absolute Gasteiger partial charge is 0.344 e. The van der Waals surface area contributed by atoms with Crippen LogP contribution in [0.3, 0.4) is 0 Å². The molecule has 3 aromatic rings. The molecule has 0 fully saturated rings. The first-order valence-corrected chi connectivity index (χ1v) is 7.78. The van der Waals surface area contributed by atoms with Crippen LogP contribution < -0.4 is 5.32 Å². The Balaban J connectivity index is 1.71. The van der Waals surface area contributed by atoms with Crippen molar-refractivity contribution in [1.82, 2.24) is 15.5 Å². The normalized spacial score (nSPS) is 12.0. The van der Waals surface area contributed by atoms with Gasteiger partial charge >= 0.3 is 0 Å². The number of nitrogens with zero attached hydrogens (tertiary/aromatic N) is 1. The molecule has 2 aromatic carbocycles. The van der Waals surface area contributed by atoms with Gasteiger partial charge in [-0.1, -0.05) is 35.9 Å². The topological polar surface area (TPSA) is 57.8 Å². The molecular formula is C18H15ClFN3O. The average Bonchev–Trinajstić information content (AvgIpc) is 3.06. The van der Waals surface area contributed by atoms with E-state index in [1.54, 1.807) is 30.3 Å². The summed E-state index contributed by atoms with van der Waals surface area (Å²) in [4.78, 5) is 12.3. The smallest absolute Gasteiger partial charge is 0.269 e. The number of aromatic amines is 1. The highest BCUT2D eigenvalue weighted by atomic mass is 35.5. The highest BCUT2D eigenvalue weighted by Crippen LogP contribution is 2.20. The van der Waals surface area contributed by atoms with Crippen molar-refractivity contribution in [2.75, 3.05) is 0 Å². The van der Waals surface area contributed by atoms with Crippen molar-refractivity contribution in [3.05, 3.63) is 76.7 Å². The van der Waals surface area contributed by atoms with Crippen molar-refractivity contribution < 1.29 is 9.18 Å². The number of rotatable bonds is 4. The van der Waals surface area contributed by atoms with Gasteiger partial charge in [-0.25, -0.2) is 4.39 Å². The van der Waals surface area contributed by atoms with Crippen LogP contribution in [0.25, 0.3) is 11.3 Å². The van der Waals surface area contributed by atoms with E-state index in [0.29, 0.717) is 16.4 Å². The predicted octanol–water partition coefficient (Wildman–Crippen LogP) is 4.36. The Morgan fingerprint density at radius 1 is 1.17 bits per heavy atom. The molecule has 122 valence electrons. The number of benzene rings is 2. The number of carbonyl (C=O) groups is 1. The zero-order chi connectivity index (χ0) is 17.1. The quantitative estimate of drug-likeness (QED) is 0.739. The highest BCUT2D eigenvalue weighted by Gasteiger charge is 2.14. The van der Waals surface area contributed by atoms with E-state index >= 15 is 0 Å². The molecule has 1 heterocycles.